The minimum Gasteiger partial charge on any atom is -0.497 e. The molecule has 0 atom stereocenters. The number of nitrogens with zero attached hydrogens (tertiary/aromatic N) is 1. The highest BCUT2D eigenvalue weighted by Crippen LogP contribution is 2.22. The van der Waals surface area contributed by atoms with Crippen LogP contribution in [0.15, 0.2) is 60.8 Å². The van der Waals surface area contributed by atoms with E-state index < -0.39 is 0 Å². The summed E-state index contributed by atoms with van der Waals surface area (Å²) in [5, 5.41) is 0. The lowest BCUT2D eigenvalue weighted by Gasteiger charge is -2.12. The van der Waals surface area contributed by atoms with Gasteiger partial charge in [-0.25, -0.2) is 0 Å². The second kappa shape index (κ2) is 6.75. The molecular formula is C18H19NO2. The zero-order chi connectivity index (χ0) is 15.2. The van der Waals surface area contributed by atoms with Crippen LogP contribution in [0.3, 0.4) is 0 Å². The van der Waals surface area contributed by atoms with E-state index in [-0.39, 0.29) is 5.78 Å². The molecule has 108 valence electrons. The number of carbonyl (C=O) groups is 1. The van der Waals surface area contributed by atoms with Gasteiger partial charge in [0, 0.05) is 31.4 Å². The van der Waals surface area contributed by atoms with Crippen molar-refractivity contribution in [3.05, 3.63) is 71.9 Å². The zero-order valence-corrected chi connectivity index (χ0v) is 12.5. The number of ether oxygens (including phenoxy) is 1. The molecule has 0 aromatic heterocycles. The van der Waals surface area contributed by atoms with Crippen LogP contribution in [0.4, 0.5) is 0 Å². The molecule has 21 heavy (non-hydrogen) atoms. The topological polar surface area (TPSA) is 29.5 Å². The van der Waals surface area contributed by atoms with Crippen LogP contribution in [0.1, 0.15) is 15.9 Å². The maximum absolute atomic E-state index is 12.7. The minimum absolute atomic E-state index is 0.00877. The molecule has 0 aliphatic heterocycles. The first kappa shape index (κ1) is 14.9. The van der Waals surface area contributed by atoms with E-state index in [0.29, 0.717) is 11.1 Å². The van der Waals surface area contributed by atoms with E-state index in [1.807, 2.05) is 79.8 Å². The summed E-state index contributed by atoms with van der Waals surface area (Å²) in [4.78, 5) is 14.6. The van der Waals surface area contributed by atoms with Crippen molar-refractivity contribution in [1.29, 1.82) is 0 Å². The summed E-state index contributed by atoms with van der Waals surface area (Å²) in [5.74, 6) is 0.782. The van der Waals surface area contributed by atoms with Crippen LogP contribution < -0.4 is 4.74 Å². The maximum atomic E-state index is 12.7. The smallest absolute Gasteiger partial charge is 0.195 e. The molecule has 0 fully saturated rings. The van der Waals surface area contributed by atoms with E-state index in [1.54, 1.807) is 7.11 Å². The molecule has 2 rings (SSSR count). The van der Waals surface area contributed by atoms with Gasteiger partial charge < -0.3 is 9.64 Å². The van der Waals surface area contributed by atoms with Crippen molar-refractivity contribution in [3.8, 4) is 5.75 Å². The number of ketones is 1. The Labute approximate surface area is 125 Å². The molecule has 0 bridgehead atoms. The third-order valence-electron chi connectivity index (χ3n) is 3.07. The van der Waals surface area contributed by atoms with E-state index in [2.05, 4.69) is 0 Å². The van der Waals surface area contributed by atoms with Crippen LogP contribution in [0.5, 0.6) is 5.75 Å². The van der Waals surface area contributed by atoms with Crippen LogP contribution in [0.2, 0.25) is 0 Å². The lowest BCUT2D eigenvalue weighted by Crippen LogP contribution is -2.09. The summed E-state index contributed by atoms with van der Waals surface area (Å²) in [7, 11) is 5.43. The Hall–Kier alpha value is -2.55. The van der Waals surface area contributed by atoms with Gasteiger partial charge in [0.05, 0.1) is 7.11 Å². The number of hydrogen-bond acceptors (Lipinski definition) is 3. The lowest BCUT2D eigenvalue weighted by molar-refractivity contribution is 0.105. The Morgan fingerprint density at radius 2 is 1.57 bits per heavy atom. The van der Waals surface area contributed by atoms with Gasteiger partial charge in [-0.3, -0.25) is 4.79 Å². The molecule has 2 aromatic rings. The molecular weight excluding hydrogens is 262 g/mol. The highest BCUT2D eigenvalue weighted by Gasteiger charge is 2.14. The van der Waals surface area contributed by atoms with Crippen molar-refractivity contribution < 1.29 is 9.53 Å². The zero-order valence-electron chi connectivity index (χ0n) is 12.5. The van der Waals surface area contributed by atoms with E-state index in [4.69, 9.17) is 4.74 Å². The number of carbonyl (C=O) groups excluding carboxylic acids is 1. The molecule has 0 N–H and O–H groups in total. The molecule has 0 heterocycles. The molecule has 0 aliphatic rings. The second-order valence-corrected chi connectivity index (χ2v) is 4.93. The van der Waals surface area contributed by atoms with Crippen molar-refractivity contribution in [2.45, 2.75) is 0 Å². The highest BCUT2D eigenvalue weighted by molar-refractivity contribution is 6.28. The molecule has 0 unspecified atom stereocenters. The summed E-state index contributed by atoms with van der Waals surface area (Å²) in [6.07, 6.45) is 1.84. The first-order valence-corrected chi connectivity index (χ1v) is 6.74. The van der Waals surface area contributed by atoms with Gasteiger partial charge in [-0.1, -0.05) is 42.5 Å². The van der Waals surface area contributed by atoms with E-state index in [0.717, 1.165) is 11.3 Å². The molecule has 0 saturated carbocycles. The molecule has 3 nitrogen and oxygen atoms in total. The predicted octanol–water partition coefficient (Wildman–Crippen LogP) is 3.48. The second-order valence-electron chi connectivity index (χ2n) is 4.93. The van der Waals surface area contributed by atoms with E-state index in [1.165, 1.54) is 0 Å². The van der Waals surface area contributed by atoms with E-state index in [9.17, 15) is 4.79 Å². The molecule has 0 spiro atoms. The number of allylic oxidation sites excluding steroid dienone is 1. The number of benzene rings is 2. The fraction of sp³-hybridized carbons (Fsp3) is 0.167. The fourth-order valence-electron chi connectivity index (χ4n) is 2.04. The van der Waals surface area contributed by atoms with Gasteiger partial charge in [0.25, 0.3) is 0 Å². The predicted molar refractivity (Wildman–Crippen MR) is 85.4 cm³/mol. The van der Waals surface area contributed by atoms with Gasteiger partial charge in [-0.05, 0) is 17.7 Å². The number of hydrogen-bond donors (Lipinski definition) is 0. The van der Waals surface area contributed by atoms with Crippen molar-refractivity contribution >= 4 is 11.4 Å². The van der Waals surface area contributed by atoms with Gasteiger partial charge >= 0.3 is 0 Å². The van der Waals surface area contributed by atoms with Gasteiger partial charge in [0.2, 0.25) is 0 Å². The van der Waals surface area contributed by atoms with Crippen LogP contribution >= 0.6 is 0 Å². The Morgan fingerprint density at radius 1 is 0.952 bits per heavy atom. The summed E-state index contributed by atoms with van der Waals surface area (Å²) in [6, 6.07) is 16.8. The van der Waals surface area contributed by atoms with Crippen molar-refractivity contribution in [2.75, 3.05) is 21.2 Å². The molecule has 0 radical (unpaired) electrons. The summed E-state index contributed by atoms with van der Waals surface area (Å²) >= 11 is 0. The fourth-order valence-corrected chi connectivity index (χ4v) is 2.04. The van der Waals surface area contributed by atoms with Gasteiger partial charge in [0.15, 0.2) is 5.78 Å². The van der Waals surface area contributed by atoms with Crippen LogP contribution in [-0.2, 0) is 0 Å². The van der Waals surface area contributed by atoms with E-state index >= 15 is 0 Å². The normalized spacial score (nSPS) is 11.1. The molecule has 0 aliphatic carbocycles. The van der Waals surface area contributed by atoms with Gasteiger partial charge in [-0.2, -0.15) is 0 Å². The molecule has 0 saturated heterocycles. The first-order valence-electron chi connectivity index (χ1n) is 6.74. The monoisotopic (exact) mass is 281 g/mol. The standard InChI is InChI=1S/C18H19NO2/c1-19(2)13-17(14-9-11-16(21-3)12-10-14)18(20)15-7-5-4-6-8-15/h4-13H,1-3H3. The average Bonchev–Trinajstić information content (AvgIpc) is 2.53. The summed E-state index contributed by atoms with van der Waals surface area (Å²) < 4.78 is 5.16. The maximum Gasteiger partial charge on any atom is 0.195 e. The largest absolute Gasteiger partial charge is 0.497 e. The van der Waals surface area contributed by atoms with Crippen molar-refractivity contribution in [2.24, 2.45) is 0 Å². The van der Waals surface area contributed by atoms with Gasteiger partial charge in [-0.15, -0.1) is 0 Å². The van der Waals surface area contributed by atoms with Crippen LogP contribution in [0, 0.1) is 0 Å². The molecule has 2 aromatic carbocycles. The van der Waals surface area contributed by atoms with Gasteiger partial charge in [0.1, 0.15) is 5.75 Å². The van der Waals surface area contributed by atoms with Crippen molar-refractivity contribution in [1.82, 2.24) is 4.90 Å². The lowest BCUT2D eigenvalue weighted by atomic mass is 9.97. The molecule has 3 heteroatoms. The van der Waals surface area contributed by atoms with Crippen LogP contribution in [-0.4, -0.2) is 31.9 Å². The Balaban J connectivity index is 2.41. The Morgan fingerprint density at radius 3 is 2.10 bits per heavy atom. The Bertz CT molecular complexity index is 628. The summed E-state index contributed by atoms with van der Waals surface area (Å²) in [5.41, 5.74) is 2.22. The number of Topliss-reactive ketones (excluding diaryl/α,β-unsaturated/α-hetero) is 1. The van der Waals surface area contributed by atoms with Crippen molar-refractivity contribution in [3.63, 3.8) is 0 Å². The molecule has 0 amide bonds. The number of methoxy groups -OCH3 is 1. The quantitative estimate of drug-likeness (QED) is 0.620. The third kappa shape index (κ3) is 3.72. The average molecular weight is 281 g/mol. The minimum atomic E-state index is 0.00877. The first-order chi connectivity index (χ1) is 10.1. The van der Waals surface area contributed by atoms with Crippen LogP contribution in [0.25, 0.3) is 5.57 Å². The summed E-state index contributed by atoms with van der Waals surface area (Å²) in [6.45, 7) is 0. The highest BCUT2D eigenvalue weighted by atomic mass is 16.5. The SMILES string of the molecule is COc1ccc(C(=CN(C)C)C(=O)c2ccccc2)cc1. The Kier molecular flexibility index (Phi) is 4.77. The number of rotatable bonds is 5. The third-order valence-corrected chi connectivity index (χ3v) is 3.07.